The van der Waals surface area contributed by atoms with Gasteiger partial charge >= 0.3 is 0 Å². The summed E-state index contributed by atoms with van der Waals surface area (Å²) in [7, 11) is 1.59. The van der Waals surface area contributed by atoms with Crippen LogP contribution in [0.3, 0.4) is 0 Å². The molecule has 0 bridgehead atoms. The van der Waals surface area contributed by atoms with Gasteiger partial charge in [-0.1, -0.05) is 13.5 Å². The van der Waals surface area contributed by atoms with E-state index in [1.54, 1.807) is 18.2 Å². The van der Waals surface area contributed by atoms with Gasteiger partial charge in [0.25, 0.3) is 0 Å². The number of hydrazone groups is 1. The second-order valence-corrected chi connectivity index (χ2v) is 11.5. The topological polar surface area (TPSA) is 117 Å². The molecule has 2 aromatic heterocycles. The van der Waals surface area contributed by atoms with Crippen LogP contribution in [0, 0.1) is 19.3 Å². The highest BCUT2D eigenvalue weighted by atomic mass is 32.2. The number of carbonyl (C=O) groups is 1. The zero-order chi connectivity index (χ0) is 32.9. The Morgan fingerprint density at radius 1 is 1.30 bits per heavy atom. The number of hydrogen-bond acceptors (Lipinski definition) is 11. The average molecular weight is 641 g/mol. The van der Waals surface area contributed by atoms with Crippen molar-refractivity contribution < 1.29 is 14.3 Å². The standard InChI is InChI=1S/C30H34N8O3S.C4H6/c1-5-27(39)37(17-23-18-42-23)14-11-31-29-26(40-4)16-24-28(36-29)30(33-19-32-24)35-21-7-8-25(20(3)15-21)41-22-9-12-38(13-10-22)34-6-2;1-3-4-2/h5-10,12,15-16,19,23H,1,11,13-14,17-18H2,2-4H3,(H,31,36)(H,32,33,35);1H,4H2,2H3/b34-6-;. The minimum absolute atomic E-state index is 0.0744. The minimum Gasteiger partial charge on any atom is -0.493 e. The van der Waals surface area contributed by atoms with E-state index in [2.05, 4.69) is 38.2 Å². The van der Waals surface area contributed by atoms with Crippen LogP contribution in [0.1, 0.15) is 25.8 Å². The third kappa shape index (κ3) is 9.49. The lowest BCUT2D eigenvalue weighted by molar-refractivity contribution is -0.125. The molecule has 4 heterocycles. The Balaban J connectivity index is 0.00000113. The third-order valence-electron chi connectivity index (χ3n) is 6.81. The fourth-order valence-electron chi connectivity index (χ4n) is 4.38. The van der Waals surface area contributed by atoms with Crippen LogP contribution in [0.25, 0.3) is 11.0 Å². The number of allylic oxidation sites excluding steroid dienone is 1. The Kier molecular flexibility index (Phi) is 12.4. The lowest BCUT2D eigenvalue weighted by Gasteiger charge is -2.21. The van der Waals surface area contributed by atoms with Crippen molar-refractivity contribution in [2.45, 2.75) is 32.4 Å². The number of amides is 1. The maximum atomic E-state index is 12.3. The van der Waals surface area contributed by atoms with E-state index in [0.717, 1.165) is 34.9 Å². The molecule has 0 radical (unpaired) electrons. The second kappa shape index (κ2) is 16.9. The monoisotopic (exact) mass is 640 g/mol. The highest BCUT2D eigenvalue weighted by molar-refractivity contribution is 8.06. The fraction of sp³-hybridized carbons (Fsp3) is 0.324. The fourth-order valence-corrected chi connectivity index (χ4v) is 4.90. The van der Waals surface area contributed by atoms with Gasteiger partial charge in [-0.05, 0) is 55.8 Å². The van der Waals surface area contributed by atoms with E-state index in [-0.39, 0.29) is 5.91 Å². The number of ether oxygens (including phenoxy) is 2. The van der Waals surface area contributed by atoms with Crippen molar-refractivity contribution in [3.05, 3.63) is 72.9 Å². The van der Waals surface area contributed by atoms with Crippen LogP contribution in [-0.2, 0) is 4.79 Å². The van der Waals surface area contributed by atoms with Gasteiger partial charge in [0.1, 0.15) is 23.4 Å². The van der Waals surface area contributed by atoms with Gasteiger partial charge in [0.15, 0.2) is 17.4 Å². The number of anilines is 3. The number of terminal acetylenes is 1. The summed E-state index contributed by atoms with van der Waals surface area (Å²) in [5.41, 5.74) is 3.02. The molecule has 12 heteroatoms. The van der Waals surface area contributed by atoms with Gasteiger partial charge in [0.2, 0.25) is 5.91 Å². The van der Waals surface area contributed by atoms with Crippen molar-refractivity contribution in [3.8, 4) is 23.8 Å². The van der Waals surface area contributed by atoms with Crippen LogP contribution in [0.5, 0.6) is 11.5 Å². The van der Waals surface area contributed by atoms with Gasteiger partial charge in [-0.25, -0.2) is 15.0 Å². The van der Waals surface area contributed by atoms with Crippen molar-refractivity contribution in [2.75, 3.05) is 49.7 Å². The van der Waals surface area contributed by atoms with E-state index < -0.39 is 0 Å². The highest BCUT2D eigenvalue weighted by Crippen LogP contribution is 2.32. The molecular formula is C34H40N8O3S. The molecule has 1 atom stereocenters. The number of nitrogens with one attached hydrogen (secondary N) is 2. The summed E-state index contributed by atoms with van der Waals surface area (Å²) >= 11 is 1.86. The van der Waals surface area contributed by atoms with Gasteiger partial charge < -0.3 is 25.0 Å². The Bertz CT molecular complexity index is 1660. The molecule has 0 aliphatic carbocycles. The lowest BCUT2D eigenvalue weighted by Crippen LogP contribution is -2.36. The number of benzene rings is 1. The highest BCUT2D eigenvalue weighted by Gasteiger charge is 2.26. The third-order valence-corrected chi connectivity index (χ3v) is 7.76. The van der Waals surface area contributed by atoms with Crippen LogP contribution < -0.4 is 20.1 Å². The largest absolute Gasteiger partial charge is 0.493 e. The first kappa shape index (κ1) is 33.9. The number of rotatable bonds is 13. The van der Waals surface area contributed by atoms with E-state index in [9.17, 15) is 4.79 Å². The number of thioether (sulfide) groups is 1. The molecule has 3 aromatic rings. The second-order valence-electron chi connectivity index (χ2n) is 10.2. The maximum absolute atomic E-state index is 12.3. The molecule has 2 N–H and O–H groups in total. The molecule has 0 spiro atoms. The Morgan fingerprint density at radius 3 is 2.74 bits per heavy atom. The number of carbonyl (C=O) groups excluding carboxylic acids is 1. The molecule has 1 saturated heterocycles. The van der Waals surface area contributed by atoms with Crippen molar-refractivity contribution in [1.82, 2.24) is 24.9 Å². The smallest absolute Gasteiger partial charge is 0.246 e. The number of aryl methyl sites for hydroxylation is 1. The SMILES string of the molecule is C#CCC.C=CC(=O)N(CCNc1nc2c(Nc3ccc(OC4=CCN(/N=C\C)C=C4)c(C)c3)ncnc2cc1OC)CC1CS1. The first-order valence-electron chi connectivity index (χ1n) is 15.0. The van der Waals surface area contributed by atoms with E-state index in [4.69, 9.17) is 20.9 Å². The van der Waals surface area contributed by atoms with Gasteiger partial charge in [-0.2, -0.15) is 16.9 Å². The molecule has 240 valence electrons. The van der Waals surface area contributed by atoms with Crippen molar-refractivity contribution in [2.24, 2.45) is 5.10 Å². The zero-order valence-corrected chi connectivity index (χ0v) is 27.5. The van der Waals surface area contributed by atoms with Crippen molar-refractivity contribution in [1.29, 1.82) is 0 Å². The van der Waals surface area contributed by atoms with Crippen LogP contribution in [0.4, 0.5) is 17.3 Å². The van der Waals surface area contributed by atoms with Crippen molar-refractivity contribution in [3.63, 3.8) is 0 Å². The molecule has 1 unspecified atom stereocenters. The van der Waals surface area contributed by atoms with Crippen LogP contribution >= 0.6 is 11.8 Å². The number of pyridine rings is 1. The van der Waals surface area contributed by atoms with Crippen LogP contribution in [-0.4, -0.2) is 81.3 Å². The molecule has 0 saturated carbocycles. The molecule has 2 aliphatic heterocycles. The lowest BCUT2D eigenvalue weighted by atomic mass is 10.2. The summed E-state index contributed by atoms with van der Waals surface area (Å²) in [6.45, 7) is 11.8. The summed E-state index contributed by atoms with van der Waals surface area (Å²) in [4.78, 5) is 27.8. The summed E-state index contributed by atoms with van der Waals surface area (Å²) < 4.78 is 11.7. The molecule has 46 heavy (non-hydrogen) atoms. The number of hydrogen-bond donors (Lipinski definition) is 2. The molecule has 2 aliphatic rings. The molecule has 1 aromatic carbocycles. The predicted octanol–water partition coefficient (Wildman–Crippen LogP) is 5.75. The van der Waals surface area contributed by atoms with Gasteiger partial charge in [-0.15, -0.1) is 12.3 Å². The Morgan fingerprint density at radius 2 is 2.11 bits per heavy atom. The maximum Gasteiger partial charge on any atom is 0.246 e. The summed E-state index contributed by atoms with van der Waals surface area (Å²) in [5, 5.41) is 13.3. The normalized spacial score (nSPS) is 14.9. The van der Waals surface area contributed by atoms with Crippen LogP contribution in [0.2, 0.25) is 0 Å². The molecule has 5 rings (SSSR count). The molecule has 1 fully saturated rings. The Hall–Kier alpha value is -5.02. The first-order chi connectivity index (χ1) is 22.4. The predicted molar refractivity (Wildman–Crippen MR) is 188 cm³/mol. The Labute approximate surface area is 274 Å². The number of methoxy groups -OCH3 is 1. The van der Waals surface area contributed by atoms with E-state index in [1.807, 2.05) is 80.2 Å². The summed E-state index contributed by atoms with van der Waals surface area (Å²) in [6, 6.07) is 7.68. The number of fused-ring (bicyclic) bond motifs is 1. The summed E-state index contributed by atoms with van der Waals surface area (Å²) in [5.74, 6) is 6.63. The minimum atomic E-state index is -0.0744. The quantitative estimate of drug-likeness (QED) is 0.103. The van der Waals surface area contributed by atoms with E-state index in [0.29, 0.717) is 59.8 Å². The molecule has 1 amide bonds. The zero-order valence-electron chi connectivity index (χ0n) is 26.7. The number of aromatic nitrogens is 3. The van der Waals surface area contributed by atoms with Crippen molar-refractivity contribution >= 4 is 52.2 Å². The average Bonchev–Trinajstić information content (AvgIpc) is 3.90. The van der Waals surface area contributed by atoms with E-state index >= 15 is 0 Å². The molecule has 11 nitrogen and oxygen atoms in total. The first-order valence-corrected chi connectivity index (χ1v) is 16.0. The molecular weight excluding hydrogens is 600 g/mol. The van der Waals surface area contributed by atoms with Crippen LogP contribution in [0.15, 0.2) is 72.5 Å². The van der Waals surface area contributed by atoms with Gasteiger partial charge in [0.05, 0.1) is 19.2 Å². The van der Waals surface area contributed by atoms with E-state index in [1.165, 1.54) is 12.4 Å². The number of nitrogens with zero attached hydrogens (tertiary/aromatic N) is 6. The van der Waals surface area contributed by atoms with Gasteiger partial charge in [0, 0.05) is 61.2 Å². The summed E-state index contributed by atoms with van der Waals surface area (Å²) in [6.07, 6.45) is 16.0. The van der Waals surface area contributed by atoms with Gasteiger partial charge in [-0.3, -0.25) is 9.80 Å².